The van der Waals surface area contributed by atoms with E-state index in [1.165, 1.54) is 28.0 Å². The molecule has 1 aromatic carbocycles. The lowest BCUT2D eigenvalue weighted by Gasteiger charge is -2.38. The number of rotatable bonds is 22. The summed E-state index contributed by atoms with van der Waals surface area (Å²) in [4.78, 5) is 66.0. The summed E-state index contributed by atoms with van der Waals surface area (Å²) < 4.78 is 46.4. The fraction of sp³-hybridized carbons (Fsp3) is 0.542. The fourth-order valence-electron chi connectivity index (χ4n) is 8.43. The lowest BCUT2D eigenvalue weighted by Crippen LogP contribution is -2.61. The number of nitrogens with zero attached hydrogens (tertiary/aromatic N) is 7. The maximum absolute atomic E-state index is 14.7. The van der Waals surface area contributed by atoms with Gasteiger partial charge in [-0.3, -0.25) is 29.1 Å². The van der Waals surface area contributed by atoms with Gasteiger partial charge in [0, 0.05) is 83.1 Å². The summed E-state index contributed by atoms with van der Waals surface area (Å²) in [6.45, 7) is 9.51. The number of aliphatic hydroxyl groups is 1. The van der Waals surface area contributed by atoms with Gasteiger partial charge in [-0.1, -0.05) is 13.8 Å². The number of aryl methyl sites for hydroxylation is 1. The van der Waals surface area contributed by atoms with Crippen molar-refractivity contribution < 1.29 is 52.1 Å². The minimum absolute atomic E-state index is 0.0643. The first-order chi connectivity index (χ1) is 33.2. The van der Waals surface area contributed by atoms with Gasteiger partial charge < -0.3 is 58.5 Å². The predicted molar refractivity (Wildman–Crippen MR) is 256 cm³/mol. The van der Waals surface area contributed by atoms with E-state index in [4.69, 9.17) is 23.5 Å². The third-order valence-corrected chi connectivity index (χ3v) is 13.6. The highest BCUT2D eigenvalue weighted by Gasteiger charge is 2.38. The number of carbonyl (C=O) groups is 4. The van der Waals surface area contributed by atoms with Crippen molar-refractivity contribution in [3.05, 3.63) is 70.8 Å². The Morgan fingerprint density at radius 1 is 0.957 bits per heavy atom. The van der Waals surface area contributed by atoms with Gasteiger partial charge in [0.1, 0.15) is 36.0 Å². The smallest absolute Gasteiger partial charge is 0.271 e. The summed E-state index contributed by atoms with van der Waals surface area (Å²) in [7, 11) is 4.87. The maximum atomic E-state index is 14.7. The van der Waals surface area contributed by atoms with Gasteiger partial charge in [-0.25, -0.2) is 4.39 Å². The molecule has 3 N–H and O–H groups in total. The summed E-state index contributed by atoms with van der Waals surface area (Å²) in [6, 6.07) is 8.03. The van der Waals surface area contributed by atoms with Crippen molar-refractivity contribution in [1.82, 2.24) is 44.9 Å². The number of likely N-dealkylation sites (tertiary alicyclic amines) is 1. The zero-order valence-electron chi connectivity index (χ0n) is 40.2. The van der Waals surface area contributed by atoms with Crippen LogP contribution in [0.5, 0.6) is 11.6 Å². The number of amides is 4. The number of nitrogens with one attached hydrogen (secondary N) is 2. The van der Waals surface area contributed by atoms with E-state index in [9.17, 15) is 28.7 Å². The molecule has 4 amide bonds. The van der Waals surface area contributed by atoms with Crippen LogP contribution in [0, 0.1) is 11.7 Å². The van der Waals surface area contributed by atoms with Gasteiger partial charge in [0.25, 0.3) is 17.7 Å². The average Bonchev–Trinajstić information content (AvgIpc) is 4.10. The van der Waals surface area contributed by atoms with Crippen molar-refractivity contribution in [3.8, 4) is 11.6 Å². The quantitative estimate of drug-likeness (QED) is 0.0850. The highest BCUT2D eigenvalue weighted by atomic mass is 32.1. The molecule has 5 aromatic rings. The Morgan fingerprint density at radius 2 is 1.67 bits per heavy atom. The minimum Gasteiger partial charge on any atom is -0.489 e. The number of carbonyl (C=O) groups excluding carboxylic acids is 4. The third-order valence-electron chi connectivity index (χ3n) is 12.7. The molecule has 21 heteroatoms. The van der Waals surface area contributed by atoms with Crippen LogP contribution in [0.25, 0.3) is 21.1 Å². The second-order valence-electron chi connectivity index (χ2n) is 17.8. The molecule has 0 spiro atoms. The largest absolute Gasteiger partial charge is 0.489 e. The first-order valence-corrected chi connectivity index (χ1v) is 24.3. The second kappa shape index (κ2) is 23.7. The number of benzene rings is 1. The van der Waals surface area contributed by atoms with Gasteiger partial charge >= 0.3 is 0 Å². The molecule has 3 atom stereocenters. The summed E-state index contributed by atoms with van der Waals surface area (Å²) in [5, 5.41) is 22.8. The summed E-state index contributed by atoms with van der Waals surface area (Å²) in [5.74, 6) is -0.691. The predicted octanol–water partition coefficient (Wildman–Crippen LogP) is 3.54. The summed E-state index contributed by atoms with van der Waals surface area (Å²) in [6.07, 6.45) is 2.61. The van der Waals surface area contributed by atoms with Crippen molar-refractivity contribution in [2.24, 2.45) is 13.0 Å². The van der Waals surface area contributed by atoms with Crippen molar-refractivity contribution in [1.29, 1.82) is 0 Å². The Balaban J connectivity index is 0.825. The highest BCUT2D eigenvalue weighted by molar-refractivity contribution is 7.17. The van der Waals surface area contributed by atoms with Crippen LogP contribution in [0.15, 0.2) is 52.5 Å². The van der Waals surface area contributed by atoms with Gasteiger partial charge in [0.05, 0.1) is 60.9 Å². The van der Waals surface area contributed by atoms with Crippen LogP contribution in [-0.4, -0.2) is 180 Å². The van der Waals surface area contributed by atoms with Gasteiger partial charge in [0.15, 0.2) is 5.76 Å². The number of fused-ring (bicyclic) bond motifs is 2. The zero-order chi connectivity index (χ0) is 49.2. The lowest BCUT2D eigenvalue weighted by atomic mass is 9.97. The van der Waals surface area contributed by atoms with E-state index in [1.54, 1.807) is 75.0 Å². The van der Waals surface area contributed by atoms with Crippen molar-refractivity contribution in [2.75, 3.05) is 92.9 Å². The molecule has 2 aliphatic heterocycles. The zero-order valence-corrected chi connectivity index (χ0v) is 41.0. The Labute approximate surface area is 404 Å². The molecule has 374 valence electrons. The van der Waals surface area contributed by atoms with E-state index in [2.05, 4.69) is 25.7 Å². The van der Waals surface area contributed by atoms with E-state index in [0.29, 0.717) is 35.7 Å². The molecule has 7 rings (SSSR count). The Bertz CT molecular complexity index is 2530. The molecule has 0 saturated carbocycles. The van der Waals surface area contributed by atoms with Crippen molar-refractivity contribution in [2.45, 2.75) is 64.4 Å². The molecular weight excluding hydrogens is 914 g/mol. The maximum Gasteiger partial charge on any atom is 0.271 e. The van der Waals surface area contributed by atoms with Crippen LogP contribution in [-0.2, 0) is 32.7 Å². The Morgan fingerprint density at radius 3 is 2.39 bits per heavy atom. The number of halogens is 1. The van der Waals surface area contributed by atoms with Crippen LogP contribution in [0.4, 0.5) is 4.39 Å². The number of aliphatic hydroxyl groups excluding tert-OH is 1. The van der Waals surface area contributed by atoms with Crippen molar-refractivity contribution >= 4 is 56.1 Å². The van der Waals surface area contributed by atoms with Crippen LogP contribution in [0.2, 0.25) is 0 Å². The van der Waals surface area contributed by atoms with Gasteiger partial charge in [-0.15, -0.1) is 11.3 Å². The molecule has 6 heterocycles. The number of likely N-dealkylation sites (N-methyl/N-ethyl adjacent to an activating group) is 2. The lowest BCUT2D eigenvalue weighted by molar-refractivity contribution is -0.142. The normalized spacial score (nSPS) is 16.2. The number of piperazine rings is 1. The molecular formula is C48H64FN9O10S. The number of hydrogen-bond donors (Lipinski definition) is 3. The molecule has 19 nitrogen and oxygen atoms in total. The molecule has 2 fully saturated rings. The molecule has 0 aliphatic carbocycles. The monoisotopic (exact) mass is 977 g/mol. The number of hydrogen-bond acceptors (Lipinski definition) is 15. The van der Waals surface area contributed by atoms with Gasteiger partial charge in [-0.05, 0) is 73.6 Å². The molecule has 0 radical (unpaired) electrons. The number of aromatic nitrogens is 3. The molecule has 0 unspecified atom stereocenters. The van der Waals surface area contributed by atoms with E-state index in [1.807, 2.05) is 17.5 Å². The molecule has 2 saturated heterocycles. The highest BCUT2D eigenvalue weighted by Crippen LogP contribution is 2.32. The number of ether oxygens (including phenoxy) is 4. The SMILES string of the molecule is CN[C@@H](C)C(=O)N[C@H](C(=O)N1CCN(C(=O)c2c(C(=O)N(C)CCOCCOCCOc3cc(CN4CCC(Oc5ccnc6ccsc56)CC4)on3)c3cc(F)ccc3n2C)CC1)[C@H](O)C(C)C. The number of pyridine rings is 1. The molecule has 4 aromatic heterocycles. The molecule has 2 aliphatic rings. The van der Waals surface area contributed by atoms with Gasteiger partial charge in [0.2, 0.25) is 11.8 Å². The van der Waals surface area contributed by atoms with Crippen molar-refractivity contribution in [3.63, 3.8) is 0 Å². The standard InChI is InChI=1S/C48H64FN9O10S/c1-30(2)43(59)41(52-45(60)31(3)50-4)47(62)57-16-18-58(19-17-57)48(63)42-40(35-27-32(49)7-8-37(35)55(42)6)46(61)54(5)20-21-64-22-23-65-24-25-66-39-28-34(68-53-39)29-56-14-10-33(11-15-56)67-38-9-13-51-36-12-26-69-44(36)38/h7-9,12-13,26-28,30-31,33,41,43,50,59H,10-11,14-25,29H2,1-6H3,(H,52,60)/t31-,41-,43+/m0/s1. The van der Waals surface area contributed by atoms with Gasteiger partial charge in [-0.2, -0.15) is 0 Å². The first-order valence-electron chi connectivity index (χ1n) is 23.5. The van der Waals surface area contributed by atoms with E-state index in [-0.39, 0.29) is 82.4 Å². The fourth-order valence-corrected chi connectivity index (χ4v) is 9.24. The van der Waals surface area contributed by atoms with Crippen LogP contribution >= 0.6 is 11.3 Å². The average molecular weight is 978 g/mol. The third kappa shape index (κ3) is 12.6. The summed E-state index contributed by atoms with van der Waals surface area (Å²) >= 11 is 1.64. The van der Waals surface area contributed by atoms with E-state index < -0.39 is 47.6 Å². The topological polar surface area (TPSA) is 206 Å². The van der Waals surface area contributed by atoms with E-state index >= 15 is 0 Å². The minimum atomic E-state index is -1.18. The molecule has 0 bridgehead atoms. The Kier molecular flexibility index (Phi) is 17.6. The Hall–Kier alpha value is -5.71. The van der Waals surface area contributed by atoms with Crippen LogP contribution in [0.3, 0.4) is 0 Å². The second-order valence-corrected chi connectivity index (χ2v) is 18.7. The number of piperidine rings is 1. The van der Waals surface area contributed by atoms with E-state index in [0.717, 1.165) is 41.9 Å². The molecule has 69 heavy (non-hydrogen) atoms. The van der Waals surface area contributed by atoms with Crippen LogP contribution in [0.1, 0.15) is 60.2 Å². The summed E-state index contributed by atoms with van der Waals surface area (Å²) in [5.41, 5.74) is 1.62. The number of thiophene rings is 1. The van der Waals surface area contributed by atoms with Crippen LogP contribution < -0.4 is 20.1 Å². The first kappa shape index (κ1) is 51.1.